The first-order valence-corrected chi connectivity index (χ1v) is 7.70. The van der Waals surface area contributed by atoms with Crippen molar-refractivity contribution < 1.29 is 4.74 Å². The first kappa shape index (κ1) is 14.7. The molecule has 0 bridgehead atoms. The molecular weight excluding hydrogens is 258 g/mol. The van der Waals surface area contributed by atoms with Gasteiger partial charge in [-0.15, -0.1) is 0 Å². The fourth-order valence-electron chi connectivity index (χ4n) is 2.83. The Balaban J connectivity index is 1.69. The Bertz CT molecular complexity index is 388. The van der Waals surface area contributed by atoms with Crippen LogP contribution in [-0.2, 0) is 6.54 Å². The molecule has 0 unspecified atom stereocenters. The molecule has 3 heteroatoms. The highest BCUT2D eigenvalue weighted by molar-refractivity contribution is 6.32. The fraction of sp³-hybridized carbons (Fsp3) is 0.625. The zero-order valence-electron chi connectivity index (χ0n) is 11.8. The van der Waals surface area contributed by atoms with Gasteiger partial charge in [-0.05, 0) is 36.6 Å². The zero-order chi connectivity index (χ0) is 13.5. The Labute approximate surface area is 121 Å². The van der Waals surface area contributed by atoms with E-state index in [-0.39, 0.29) is 0 Å². The van der Waals surface area contributed by atoms with Gasteiger partial charge in [0.15, 0.2) is 0 Å². The van der Waals surface area contributed by atoms with E-state index < -0.39 is 0 Å². The predicted molar refractivity (Wildman–Crippen MR) is 80.9 cm³/mol. The van der Waals surface area contributed by atoms with Crippen LogP contribution in [0.5, 0.6) is 5.75 Å². The van der Waals surface area contributed by atoms with Gasteiger partial charge < -0.3 is 10.1 Å². The molecule has 0 aromatic heterocycles. The third kappa shape index (κ3) is 4.70. The normalized spacial score (nSPS) is 16.5. The lowest BCUT2D eigenvalue weighted by molar-refractivity contribution is 0.334. The van der Waals surface area contributed by atoms with Crippen LogP contribution in [-0.4, -0.2) is 13.7 Å². The maximum Gasteiger partial charge on any atom is 0.137 e. The zero-order valence-corrected chi connectivity index (χ0v) is 12.5. The maximum absolute atomic E-state index is 6.11. The van der Waals surface area contributed by atoms with E-state index in [1.165, 1.54) is 44.1 Å². The minimum Gasteiger partial charge on any atom is -0.495 e. The van der Waals surface area contributed by atoms with Crippen LogP contribution >= 0.6 is 11.6 Å². The van der Waals surface area contributed by atoms with Crippen molar-refractivity contribution in [1.29, 1.82) is 0 Å². The summed E-state index contributed by atoms with van der Waals surface area (Å²) >= 11 is 6.11. The molecule has 2 rings (SSSR count). The Morgan fingerprint density at radius 2 is 2.05 bits per heavy atom. The van der Waals surface area contributed by atoms with Crippen LogP contribution in [0.25, 0.3) is 0 Å². The van der Waals surface area contributed by atoms with Crippen LogP contribution in [0.1, 0.15) is 44.1 Å². The quantitative estimate of drug-likeness (QED) is 0.780. The predicted octanol–water partition coefficient (Wildman–Crippen LogP) is 4.41. The molecule has 106 valence electrons. The van der Waals surface area contributed by atoms with Gasteiger partial charge in [0.25, 0.3) is 0 Å². The number of halogens is 1. The lowest BCUT2D eigenvalue weighted by atomic mass is 9.87. The van der Waals surface area contributed by atoms with Gasteiger partial charge in [-0.1, -0.05) is 49.8 Å². The summed E-state index contributed by atoms with van der Waals surface area (Å²) in [5.74, 6) is 1.69. The molecule has 2 nitrogen and oxygen atoms in total. The highest BCUT2D eigenvalue weighted by atomic mass is 35.5. The molecule has 1 saturated carbocycles. The summed E-state index contributed by atoms with van der Waals surface area (Å²) in [6, 6.07) is 5.98. The highest BCUT2D eigenvalue weighted by Crippen LogP contribution is 2.26. The molecule has 1 aliphatic rings. The van der Waals surface area contributed by atoms with E-state index in [2.05, 4.69) is 11.4 Å². The van der Waals surface area contributed by atoms with Gasteiger partial charge in [0.05, 0.1) is 12.1 Å². The number of nitrogens with one attached hydrogen (secondary N) is 1. The van der Waals surface area contributed by atoms with E-state index in [9.17, 15) is 0 Å². The summed E-state index contributed by atoms with van der Waals surface area (Å²) < 4.78 is 5.15. The van der Waals surface area contributed by atoms with Crippen molar-refractivity contribution >= 4 is 11.6 Å². The average molecular weight is 282 g/mol. The number of rotatable bonds is 6. The van der Waals surface area contributed by atoms with Gasteiger partial charge in [0, 0.05) is 6.54 Å². The number of hydrogen-bond donors (Lipinski definition) is 1. The SMILES string of the molecule is COc1ccc(CNCCC2CCCCC2)cc1Cl. The third-order valence-corrected chi connectivity index (χ3v) is 4.29. The molecule has 0 atom stereocenters. The van der Waals surface area contributed by atoms with Crippen molar-refractivity contribution in [3.8, 4) is 5.75 Å². The summed E-state index contributed by atoms with van der Waals surface area (Å²) in [6.07, 6.45) is 8.46. The van der Waals surface area contributed by atoms with E-state index >= 15 is 0 Å². The summed E-state index contributed by atoms with van der Waals surface area (Å²) in [5.41, 5.74) is 1.22. The van der Waals surface area contributed by atoms with Gasteiger partial charge >= 0.3 is 0 Å². The molecule has 19 heavy (non-hydrogen) atoms. The van der Waals surface area contributed by atoms with Crippen LogP contribution in [0.2, 0.25) is 5.02 Å². The van der Waals surface area contributed by atoms with Crippen LogP contribution in [0.3, 0.4) is 0 Å². The number of methoxy groups -OCH3 is 1. The Hall–Kier alpha value is -0.730. The van der Waals surface area contributed by atoms with Crippen molar-refractivity contribution in [3.05, 3.63) is 28.8 Å². The molecule has 0 heterocycles. The number of ether oxygens (including phenoxy) is 1. The fourth-order valence-corrected chi connectivity index (χ4v) is 3.11. The summed E-state index contributed by atoms with van der Waals surface area (Å²) in [6.45, 7) is 1.99. The molecule has 1 aromatic carbocycles. The Morgan fingerprint density at radius 3 is 2.74 bits per heavy atom. The maximum atomic E-state index is 6.11. The monoisotopic (exact) mass is 281 g/mol. The van der Waals surface area contributed by atoms with Crippen LogP contribution in [0.15, 0.2) is 18.2 Å². The standard InChI is InChI=1S/C16H24ClNO/c1-19-16-8-7-14(11-15(16)17)12-18-10-9-13-5-3-2-4-6-13/h7-8,11,13,18H,2-6,9-10,12H2,1H3. The van der Waals surface area contributed by atoms with Crippen molar-refractivity contribution in [2.45, 2.75) is 45.1 Å². The minimum absolute atomic E-state index is 0.689. The summed E-state index contributed by atoms with van der Waals surface area (Å²) in [4.78, 5) is 0. The van der Waals surface area contributed by atoms with Gasteiger partial charge in [0.2, 0.25) is 0 Å². The van der Waals surface area contributed by atoms with Crippen molar-refractivity contribution in [3.63, 3.8) is 0 Å². The molecule has 1 fully saturated rings. The van der Waals surface area contributed by atoms with Crippen LogP contribution in [0.4, 0.5) is 0 Å². The molecule has 1 aliphatic carbocycles. The number of hydrogen-bond acceptors (Lipinski definition) is 2. The number of benzene rings is 1. The van der Waals surface area contributed by atoms with Crippen molar-refractivity contribution in [2.75, 3.05) is 13.7 Å². The van der Waals surface area contributed by atoms with Gasteiger partial charge in [-0.3, -0.25) is 0 Å². The van der Waals surface area contributed by atoms with Gasteiger partial charge in [0.1, 0.15) is 5.75 Å². The van der Waals surface area contributed by atoms with Gasteiger partial charge in [-0.2, -0.15) is 0 Å². The van der Waals surface area contributed by atoms with E-state index in [0.29, 0.717) is 5.02 Å². The smallest absolute Gasteiger partial charge is 0.137 e. The lowest BCUT2D eigenvalue weighted by Crippen LogP contribution is -2.19. The first-order valence-electron chi connectivity index (χ1n) is 7.32. The topological polar surface area (TPSA) is 21.3 Å². The van der Waals surface area contributed by atoms with E-state index in [4.69, 9.17) is 16.3 Å². The second kappa shape index (κ2) is 7.76. The Morgan fingerprint density at radius 1 is 1.26 bits per heavy atom. The van der Waals surface area contributed by atoms with Gasteiger partial charge in [-0.25, -0.2) is 0 Å². The molecule has 0 aliphatic heterocycles. The van der Waals surface area contributed by atoms with E-state index in [1.54, 1.807) is 7.11 Å². The largest absolute Gasteiger partial charge is 0.495 e. The molecule has 1 N–H and O–H groups in total. The second-order valence-corrected chi connectivity index (χ2v) is 5.85. The molecule has 0 amide bonds. The summed E-state index contributed by atoms with van der Waals surface area (Å²) in [5, 5.41) is 4.20. The molecular formula is C16H24ClNO. The summed E-state index contributed by atoms with van der Waals surface area (Å²) in [7, 11) is 1.64. The molecule has 1 aromatic rings. The second-order valence-electron chi connectivity index (χ2n) is 5.44. The average Bonchev–Trinajstić information content (AvgIpc) is 2.45. The lowest BCUT2D eigenvalue weighted by Gasteiger charge is -2.21. The van der Waals surface area contributed by atoms with Crippen molar-refractivity contribution in [2.24, 2.45) is 5.92 Å². The van der Waals surface area contributed by atoms with Crippen molar-refractivity contribution in [1.82, 2.24) is 5.32 Å². The molecule has 0 saturated heterocycles. The highest BCUT2D eigenvalue weighted by Gasteiger charge is 2.12. The van der Waals surface area contributed by atoms with E-state index in [0.717, 1.165) is 24.8 Å². The molecule has 0 spiro atoms. The minimum atomic E-state index is 0.689. The molecule has 0 radical (unpaired) electrons. The first-order chi connectivity index (χ1) is 9.29. The third-order valence-electron chi connectivity index (χ3n) is 4.00. The Kier molecular flexibility index (Phi) is 5.99. The van der Waals surface area contributed by atoms with Crippen LogP contribution in [0, 0.1) is 5.92 Å². The van der Waals surface area contributed by atoms with E-state index in [1.807, 2.05) is 12.1 Å². The van der Waals surface area contributed by atoms with Crippen LogP contribution < -0.4 is 10.1 Å².